The molecule has 0 atom stereocenters. The van der Waals surface area contributed by atoms with Gasteiger partial charge in [-0.25, -0.2) is 12.7 Å². The third kappa shape index (κ3) is 3.40. The Hall–Kier alpha value is -3.84. The normalized spacial score (nSPS) is 11.9. The van der Waals surface area contributed by atoms with Gasteiger partial charge in [0.15, 0.2) is 0 Å². The van der Waals surface area contributed by atoms with Gasteiger partial charge in [0.2, 0.25) is 5.91 Å². The highest BCUT2D eigenvalue weighted by Crippen LogP contribution is 2.46. The monoisotopic (exact) mass is 473 g/mol. The van der Waals surface area contributed by atoms with E-state index in [1.807, 2.05) is 50.2 Å². The summed E-state index contributed by atoms with van der Waals surface area (Å²) in [6.45, 7) is 6.77. The lowest BCUT2D eigenvalue weighted by atomic mass is 9.97. The van der Waals surface area contributed by atoms with Gasteiger partial charge in [-0.3, -0.25) is 4.79 Å². The summed E-state index contributed by atoms with van der Waals surface area (Å²) in [5.41, 5.74) is 2.37. The highest BCUT2D eigenvalue weighted by molar-refractivity contribution is 7.93. The lowest BCUT2D eigenvalue weighted by Crippen LogP contribution is -2.35. The van der Waals surface area contributed by atoms with Gasteiger partial charge in [-0.15, -0.1) is 0 Å². The summed E-state index contributed by atoms with van der Waals surface area (Å²) in [6.07, 6.45) is 0. The van der Waals surface area contributed by atoms with E-state index in [-0.39, 0.29) is 10.6 Å². The number of hydrogen-bond donors (Lipinski definition) is 0. The second-order valence-electron chi connectivity index (χ2n) is 8.38. The lowest BCUT2D eigenvalue weighted by Gasteiger charge is -2.24. The van der Waals surface area contributed by atoms with Crippen LogP contribution in [0.15, 0.2) is 80.5 Å². The van der Waals surface area contributed by atoms with E-state index in [1.165, 1.54) is 19.1 Å². The molecule has 0 aliphatic rings. The number of furan rings is 2. The molecule has 0 fully saturated rings. The molecule has 0 N–H and O–H groups in total. The average molecular weight is 474 g/mol. The Morgan fingerprint density at radius 3 is 2.09 bits per heavy atom. The Kier molecular flexibility index (Phi) is 5.10. The minimum absolute atomic E-state index is 0.0384. The van der Waals surface area contributed by atoms with Crippen molar-refractivity contribution in [3.05, 3.63) is 83.8 Å². The van der Waals surface area contributed by atoms with Crippen molar-refractivity contribution in [2.24, 2.45) is 0 Å². The molecule has 7 heteroatoms. The van der Waals surface area contributed by atoms with Gasteiger partial charge < -0.3 is 8.83 Å². The quantitative estimate of drug-likeness (QED) is 0.297. The SMILES string of the molecule is CC(=O)N(c1c2ccccc2c(-c2ccc(C)o2)c2oc(C)cc12)S(=O)(=O)c1ccc(C)cc1. The largest absolute Gasteiger partial charge is 0.461 e. The van der Waals surface area contributed by atoms with Crippen LogP contribution in [0.25, 0.3) is 33.1 Å². The van der Waals surface area contributed by atoms with Crippen LogP contribution in [-0.4, -0.2) is 14.3 Å². The maximum atomic E-state index is 13.8. The highest BCUT2D eigenvalue weighted by Gasteiger charge is 2.33. The summed E-state index contributed by atoms with van der Waals surface area (Å²) in [6, 6.07) is 19.3. The first-order valence-electron chi connectivity index (χ1n) is 10.8. The van der Waals surface area contributed by atoms with Crippen molar-refractivity contribution in [2.75, 3.05) is 4.31 Å². The molecule has 1 amide bonds. The Bertz CT molecular complexity index is 1670. The number of carbonyl (C=O) groups excluding carboxylic acids is 1. The fourth-order valence-corrected chi connectivity index (χ4v) is 5.81. The van der Waals surface area contributed by atoms with Gasteiger partial charge >= 0.3 is 0 Å². The molecular formula is C27H23NO5S. The Balaban J connectivity index is 1.91. The van der Waals surface area contributed by atoms with E-state index in [0.29, 0.717) is 33.4 Å². The van der Waals surface area contributed by atoms with Crippen LogP contribution in [0.1, 0.15) is 24.0 Å². The molecule has 3 aromatic carbocycles. The first-order chi connectivity index (χ1) is 16.2. The average Bonchev–Trinajstić information content (AvgIpc) is 3.38. The molecule has 0 bridgehead atoms. The van der Waals surface area contributed by atoms with Gasteiger partial charge in [-0.2, -0.15) is 0 Å². The van der Waals surface area contributed by atoms with Crippen molar-refractivity contribution < 1.29 is 22.0 Å². The number of rotatable bonds is 4. The van der Waals surface area contributed by atoms with Gasteiger partial charge in [-0.1, -0.05) is 42.0 Å². The summed E-state index contributed by atoms with van der Waals surface area (Å²) in [5, 5.41) is 1.84. The third-order valence-corrected chi connectivity index (χ3v) is 7.61. The smallest absolute Gasteiger partial charge is 0.270 e. The number of fused-ring (bicyclic) bond motifs is 2. The molecule has 0 aliphatic carbocycles. The number of anilines is 1. The molecule has 34 heavy (non-hydrogen) atoms. The Labute approximate surface area is 197 Å². The van der Waals surface area contributed by atoms with Crippen molar-refractivity contribution in [3.63, 3.8) is 0 Å². The van der Waals surface area contributed by atoms with E-state index in [1.54, 1.807) is 25.1 Å². The van der Waals surface area contributed by atoms with E-state index >= 15 is 0 Å². The predicted molar refractivity (Wildman–Crippen MR) is 132 cm³/mol. The Morgan fingerprint density at radius 2 is 1.47 bits per heavy atom. The van der Waals surface area contributed by atoms with Crippen LogP contribution in [0.5, 0.6) is 0 Å². The van der Waals surface area contributed by atoms with Crippen molar-refractivity contribution in [3.8, 4) is 11.3 Å². The molecule has 0 saturated carbocycles. The summed E-state index contributed by atoms with van der Waals surface area (Å²) >= 11 is 0. The van der Waals surface area contributed by atoms with Crippen LogP contribution in [0, 0.1) is 20.8 Å². The first-order valence-corrected chi connectivity index (χ1v) is 12.3. The molecule has 5 aromatic rings. The molecule has 0 aliphatic heterocycles. The van der Waals surface area contributed by atoms with Crippen molar-refractivity contribution in [2.45, 2.75) is 32.6 Å². The van der Waals surface area contributed by atoms with Crippen molar-refractivity contribution >= 4 is 43.4 Å². The molecule has 0 unspecified atom stereocenters. The molecule has 2 heterocycles. The van der Waals surface area contributed by atoms with Gasteiger partial charge in [0, 0.05) is 17.7 Å². The molecule has 2 aromatic heterocycles. The molecule has 0 spiro atoms. The zero-order valence-electron chi connectivity index (χ0n) is 19.2. The summed E-state index contributed by atoms with van der Waals surface area (Å²) in [5.74, 6) is 1.32. The third-order valence-electron chi connectivity index (χ3n) is 5.82. The first kappa shape index (κ1) is 22.0. The molecule has 172 valence electrons. The maximum absolute atomic E-state index is 13.8. The second kappa shape index (κ2) is 7.88. The summed E-state index contributed by atoms with van der Waals surface area (Å²) < 4.78 is 40.5. The van der Waals surface area contributed by atoms with E-state index in [2.05, 4.69) is 0 Å². The number of carbonyl (C=O) groups is 1. The van der Waals surface area contributed by atoms with E-state index in [4.69, 9.17) is 8.83 Å². The second-order valence-corrected chi connectivity index (χ2v) is 10.2. The van der Waals surface area contributed by atoms with Crippen LogP contribution in [0.4, 0.5) is 5.69 Å². The van der Waals surface area contributed by atoms with Gasteiger partial charge in [0.25, 0.3) is 10.0 Å². The topological polar surface area (TPSA) is 80.7 Å². The summed E-state index contributed by atoms with van der Waals surface area (Å²) in [4.78, 5) is 13.0. The number of hydrogen-bond acceptors (Lipinski definition) is 5. The van der Waals surface area contributed by atoms with Crippen LogP contribution in [0.3, 0.4) is 0 Å². The zero-order valence-corrected chi connectivity index (χ0v) is 20.1. The fraction of sp³-hybridized carbons (Fsp3) is 0.148. The highest BCUT2D eigenvalue weighted by atomic mass is 32.2. The van der Waals surface area contributed by atoms with Crippen LogP contribution < -0.4 is 4.31 Å². The van der Waals surface area contributed by atoms with Crippen LogP contribution >= 0.6 is 0 Å². The minimum Gasteiger partial charge on any atom is -0.461 e. The lowest BCUT2D eigenvalue weighted by molar-refractivity contribution is -0.115. The Morgan fingerprint density at radius 1 is 0.794 bits per heavy atom. The number of aryl methyl sites for hydroxylation is 3. The van der Waals surface area contributed by atoms with Crippen LogP contribution in [0.2, 0.25) is 0 Å². The maximum Gasteiger partial charge on any atom is 0.270 e. The molecule has 0 saturated heterocycles. The fourth-order valence-electron chi connectivity index (χ4n) is 4.35. The molecule has 6 nitrogen and oxygen atoms in total. The zero-order chi connectivity index (χ0) is 24.2. The minimum atomic E-state index is -4.20. The van der Waals surface area contributed by atoms with E-state index < -0.39 is 15.9 Å². The molecule has 0 radical (unpaired) electrons. The van der Waals surface area contributed by atoms with Gasteiger partial charge in [-0.05, 0) is 56.5 Å². The molecular weight excluding hydrogens is 450 g/mol. The number of amides is 1. The summed E-state index contributed by atoms with van der Waals surface area (Å²) in [7, 11) is -4.20. The van der Waals surface area contributed by atoms with Crippen molar-refractivity contribution in [1.29, 1.82) is 0 Å². The van der Waals surface area contributed by atoms with Gasteiger partial charge in [0.1, 0.15) is 22.9 Å². The van der Waals surface area contributed by atoms with Crippen molar-refractivity contribution in [1.82, 2.24) is 0 Å². The number of nitrogens with zero attached hydrogens (tertiary/aromatic N) is 1. The van der Waals surface area contributed by atoms with Crippen LogP contribution in [-0.2, 0) is 14.8 Å². The van der Waals surface area contributed by atoms with Gasteiger partial charge in [0.05, 0.1) is 16.1 Å². The predicted octanol–water partition coefficient (Wildman–Crippen LogP) is 6.51. The number of benzene rings is 3. The van der Waals surface area contributed by atoms with E-state index in [9.17, 15) is 13.2 Å². The standard InChI is InChI=1S/C27H23NO5S/c1-16-9-12-20(13-10-16)34(30,31)28(19(4)29)26-22-8-6-5-7-21(22)25(24-14-11-17(2)32-24)27-23(26)15-18(3)33-27/h5-15H,1-4H3. The molecule has 5 rings (SSSR count). The number of sulfonamides is 1. The van der Waals surface area contributed by atoms with E-state index in [0.717, 1.165) is 21.0 Å².